The van der Waals surface area contributed by atoms with Crippen molar-refractivity contribution in [3.05, 3.63) is 35.1 Å². The molecule has 0 bridgehead atoms. The Morgan fingerprint density at radius 3 is 2.73 bits per heavy atom. The van der Waals surface area contributed by atoms with Crippen LogP contribution in [0, 0.1) is 12.7 Å². The highest BCUT2D eigenvalue weighted by molar-refractivity contribution is 5.66. The first-order valence-corrected chi connectivity index (χ1v) is 4.66. The molecule has 1 aromatic rings. The fourth-order valence-corrected chi connectivity index (χ4v) is 1.30. The lowest BCUT2D eigenvalue weighted by atomic mass is 10.0. The molecule has 0 fully saturated rings. The van der Waals surface area contributed by atoms with E-state index in [1.54, 1.807) is 6.92 Å². The lowest BCUT2D eigenvalue weighted by Crippen LogP contribution is -2.03. The van der Waals surface area contributed by atoms with E-state index in [-0.39, 0.29) is 18.7 Å². The maximum atomic E-state index is 12.9. The van der Waals surface area contributed by atoms with E-state index in [0.29, 0.717) is 11.1 Å². The van der Waals surface area contributed by atoms with Crippen LogP contribution in [-0.4, -0.2) is 16.2 Å². The highest BCUT2D eigenvalue weighted by Gasteiger charge is 2.10. The summed E-state index contributed by atoms with van der Waals surface area (Å²) in [6.07, 6.45) is -0.807. The number of halogens is 1. The predicted octanol–water partition coefficient (Wildman–Crippen LogP) is 2.03. The highest BCUT2D eigenvalue weighted by Crippen LogP contribution is 2.20. The molecule has 0 radical (unpaired) electrons. The molecule has 1 rings (SSSR count). The molecule has 1 unspecified atom stereocenters. The molecule has 0 aliphatic carbocycles. The summed E-state index contributed by atoms with van der Waals surface area (Å²) in [5.74, 6) is -1.28. The summed E-state index contributed by atoms with van der Waals surface area (Å²) in [5.41, 5.74) is 0.997. The first-order valence-electron chi connectivity index (χ1n) is 4.66. The molecular formula is C11H13FO3. The van der Waals surface area contributed by atoms with Crippen LogP contribution in [0.4, 0.5) is 4.39 Å². The van der Waals surface area contributed by atoms with Crippen LogP contribution in [-0.2, 0) is 4.79 Å². The minimum absolute atomic E-state index is 0.0996. The third-order valence-electron chi connectivity index (χ3n) is 2.20. The van der Waals surface area contributed by atoms with E-state index in [4.69, 9.17) is 5.11 Å². The molecule has 82 valence electrons. The van der Waals surface area contributed by atoms with E-state index in [0.717, 1.165) is 0 Å². The van der Waals surface area contributed by atoms with Crippen LogP contribution in [0.15, 0.2) is 18.2 Å². The summed E-state index contributed by atoms with van der Waals surface area (Å²) < 4.78 is 12.9. The minimum Gasteiger partial charge on any atom is -0.481 e. The second kappa shape index (κ2) is 4.89. The molecule has 0 spiro atoms. The summed E-state index contributed by atoms with van der Waals surface area (Å²) in [6.45, 7) is 1.60. The van der Waals surface area contributed by atoms with E-state index in [1.807, 2.05) is 0 Å². The number of aryl methyl sites for hydroxylation is 1. The Balaban J connectivity index is 2.69. The van der Waals surface area contributed by atoms with Crippen molar-refractivity contribution in [2.75, 3.05) is 0 Å². The number of aliphatic carboxylic acids is 1. The summed E-state index contributed by atoms with van der Waals surface area (Å²) in [4.78, 5) is 10.3. The van der Waals surface area contributed by atoms with E-state index in [1.165, 1.54) is 18.2 Å². The number of hydrogen-bond acceptors (Lipinski definition) is 2. The topological polar surface area (TPSA) is 57.5 Å². The van der Waals surface area contributed by atoms with E-state index >= 15 is 0 Å². The summed E-state index contributed by atoms with van der Waals surface area (Å²) >= 11 is 0. The summed E-state index contributed by atoms with van der Waals surface area (Å²) in [6, 6.07) is 4.27. The Bertz CT molecular complexity index is 363. The van der Waals surface area contributed by atoms with Gasteiger partial charge in [0.15, 0.2) is 0 Å². The normalized spacial score (nSPS) is 12.5. The lowest BCUT2D eigenvalue weighted by Gasteiger charge is -2.10. The molecule has 0 saturated carbocycles. The molecule has 0 aliphatic heterocycles. The smallest absolute Gasteiger partial charge is 0.303 e. The van der Waals surface area contributed by atoms with Gasteiger partial charge in [0.1, 0.15) is 5.82 Å². The van der Waals surface area contributed by atoms with Crippen LogP contribution in [0.1, 0.15) is 30.1 Å². The van der Waals surface area contributed by atoms with Gasteiger partial charge in [-0.15, -0.1) is 0 Å². The molecule has 15 heavy (non-hydrogen) atoms. The SMILES string of the molecule is Cc1cc(C(O)CCC(=O)O)ccc1F. The molecule has 2 N–H and O–H groups in total. The van der Waals surface area contributed by atoms with Gasteiger partial charge in [0.2, 0.25) is 0 Å². The molecule has 3 nitrogen and oxygen atoms in total. The molecule has 0 saturated heterocycles. The van der Waals surface area contributed by atoms with Crippen molar-refractivity contribution in [2.45, 2.75) is 25.9 Å². The predicted molar refractivity (Wildman–Crippen MR) is 53.0 cm³/mol. The Morgan fingerprint density at radius 2 is 2.20 bits per heavy atom. The molecule has 1 aromatic carbocycles. The molecule has 0 heterocycles. The number of rotatable bonds is 4. The Morgan fingerprint density at radius 1 is 1.53 bits per heavy atom. The van der Waals surface area contributed by atoms with E-state index < -0.39 is 12.1 Å². The van der Waals surface area contributed by atoms with Gasteiger partial charge in [0.05, 0.1) is 6.10 Å². The van der Waals surface area contributed by atoms with Gasteiger partial charge in [0, 0.05) is 6.42 Å². The van der Waals surface area contributed by atoms with E-state index in [2.05, 4.69) is 0 Å². The van der Waals surface area contributed by atoms with Gasteiger partial charge < -0.3 is 10.2 Å². The minimum atomic E-state index is -0.951. The molecule has 1 atom stereocenters. The third-order valence-corrected chi connectivity index (χ3v) is 2.20. The van der Waals surface area contributed by atoms with E-state index in [9.17, 15) is 14.3 Å². The van der Waals surface area contributed by atoms with Crippen molar-refractivity contribution in [3.8, 4) is 0 Å². The highest BCUT2D eigenvalue weighted by atomic mass is 19.1. The van der Waals surface area contributed by atoms with Crippen LogP contribution in [0.5, 0.6) is 0 Å². The zero-order valence-corrected chi connectivity index (χ0v) is 8.40. The first-order chi connectivity index (χ1) is 7.00. The Labute approximate surface area is 87.2 Å². The monoisotopic (exact) mass is 212 g/mol. The Kier molecular flexibility index (Phi) is 3.80. The second-order valence-electron chi connectivity index (χ2n) is 3.46. The van der Waals surface area contributed by atoms with Gasteiger partial charge in [-0.25, -0.2) is 4.39 Å². The van der Waals surface area contributed by atoms with Crippen molar-refractivity contribution in [2.24, 2.45) is 0 Å². The van der Waals surface area contributed by atoms with Crippen molar-refractivity contribution >= 4 is 5.97 Å². The molecule has 0 aromatic heterocycles. The molecule has 0 aliphatic rings. The van der Waals surface area contributed by atoms with Gasteiger partial charge in [-0.05, 0) is 30.5 Å². The largest absolute Gasteiger partial charge is 0.481 e. The van der Waals surface area contributed by atoms with Crippen LogP contribution in [0.25, 0.3) is 0 Å². The summed E-state index contributed by atoms with van der Waals surface area (Å²) in [7, 11) is 0. The number of aliphatic hydroxyl groups excluding tert-OH is 1. The summed E-state index contributed by atoms with van der Waals surface area (Å²) in [5, 5.41) is 18.0. The third kappa shape index (κ3) is 3.32. The van der Waals surface area contributed by atoms with Crippen molar-refractivity contribution in [3.63, 3.8) is 0 Å². The average Bonchev–Trinajstić information content (AvgIpc) is 2.18. The number of carboxylic acid groups (broad SMARTS) is 1. The average molecular weight is 212 g/mol. The standard InChI is InChI=1S/C11H13FO3/c1-7-6-8(2-3-9(7)12)10(13)4-5-11(14)15/h2-3,6,10,13H,4-5H2,1H3,(H,14,15). The number of carbonyl (C=O) groups is 1. The van der Waals surface area contributed by atoms with Crippen molar-refractivity contribution < 1.29 is 19.4 Å². The number of aliphatic hydroxyl groups is 1. The van der Waals surface area contributed by atoms with Crippen LogP contribution < -0.4 is 0 Å². The second-order valence-corrected chi connectivity index (χ2v) is 3.46. The zero-order chi connectivity index (χ0) is 11.4. The number of carboxylic acids is 1. The number of benzene rings is 1. The Hall–Kier alpha value is -1.42. The van der Waals surface area contributed by atoms with Crippen LogP contribution in [0.3, 0.4) is 0 Å². The number of hydrogen-bond donors (Lipinski definition) is 2. The van der Waals surface area contributed by atoms with Crippen molar-refractivity contribution in [1.82, 2.24) is 0 Å². The first kappa shape index (κ1) is 11.7. The quantitative estimate of drug-likeness (QED) is 0.802. The van der Waals surface area contributed by atoms with Gasteiger partial charge in [0.25, 0.3) is 0 Å². The maximum absolute atomic E-state index is 12.9. The lowest BCUT2D eigenvalue weighted by molar-refractivity contribution is -0.137. The molecule has 4 heteroatoms. The molecular weight excluding hydrogens is 199 g/mol. The fraction of sp³-hybridized carbons (Fsp3) is 0.364. The van der Waals surface area contributed by atoms with Gasteiger partial charge in [-0.1, -0.05) is 12.1 Å². The van der Waals surface area contributed by atoms with Crippen molar-refractivity contribution in [1.29, 1.82) is 0 Å². The van der Waals surface area contributed by atoms with Gasteiger partial charge in [-0.3, -0.25) is 4.79 Å². The maximum Gasteiger partial charge on any atom is 0.303 e. The molecule has 0 amide bonds. The van der Waals surface area contributed by atoms with Gasteiger partial charge in [-0.2, -0.15) is 0 Å². The zero-order valence-electron chi connectivity index (χ0n) is 8.40. The van der Waals surface area contributed by atoms with Crippen LogP contribution in [0.2, 0.25) is 0 Å². The van der Waals surface area contributed by atoms with Crippen LogP contribution >= 0.6 is 0 Å². The van der Waals surface area contributed by atoms with Gasteiger partial charge >= 0.3 is 5.97 Å². The fourth-order valence-electron chi connectivity index (χ4n) is 1.30.